The number of hydrogen-bond acceptors (Lipinski definition) is 6. The number of likely N-dealkylation sites (N-methyl/N-ethyl adjacent to an activating group) is 1. The summed E-state index contributed by atoms with van der Waals surface area (Å²) in [4.78, 5) is 22.7. The van der Waals surface area contributed by atoms with E-state index in [9.17, 15) is 9.18 Å². The first-order valence-corrected chi connectivity index (χ1v) is 8.19. The van der Waals surface area contributed by atoms with E-state index in [-0.39, 0.29) is 18.3 Å². The fourth-order valence-corrected chi connectivity index (χ4v) is 2.53. The number of fused-ring (bicyclic) bond motifs is 1. The molecule has 0 saturated heterocycles. The second kappa shape index (κ2) is 7.34. The van der Waals surface area contributed by atoms with E-state index >= 15 is 0 Å². The van der Waals surface area contributed by atoms with E-state index in [2.05, 4.69) is 20.4 Å². The van der Waals surface area contributed by atoms with Gasteiger partial charge in [-0.2, -0.15) is 15.1 Å². The molecule has 2 aromatic heterocycles. The molecule has 1 amide bonds. The van der Waals surface area contributed by atoms with E-state index in [4.69, 9.17) is 5.73 Å². The van der Waals surface area contributed by atoms with Gasteiger partial charge in [0.25, 0.3) is 0 Å². The van der Waals surface area contributed by atoms with Gasteiger partial charge in [0.1, 0.15) is 11.6 Å². The second-order valence-electron chi connectivity index (χ2n) is 5.83. The van der Waals surface area contributed by atoms with Gasteiger partial charge in [-0.05, 0) is 24.6 Å². The number of carbonyl (C=O) groups is 1. The number of halogens is 1. The molecule has 0 aliphatic rings. The van der Waals surface area contributed by atoms with Crippen molar-refractivity contribution in [3.8, 4) is 0 Å². The van der Waals surface area contributed by atoms with Crippen molar-refractivity contribution in [2.45, 2.75) is 13.5 Å². The van der Waals surface area contributed by atoms with Gasteiger partial charge in [-0.1, -0.05) is 12.1 Å². The molecule has 0 aliphatic heterocycles. The van der Waals surface area contributed by atoms with Crippen LogP contribution in [0.1, 0.15) is 12.5 Å². The molecule has 0 bridgehead atoms. The number of aryl methyl sites for hydroxylation is 1. The number of nitrogens with zero attached hydrogens (tertiary/aromatic N) is 5. The van der Waals surface area contributed by atoms with E-state index in [1.165, 1.54) is 12.1 Å². The monoisotopic (exact) mass is 357 g/mol. The maximum Gasteiger partial charge on any atom is 0.239 e. The normalized spacial score (nSPS) is 10.9. The number of hydrogen-bond donors (Lipinski definition) is 2. The lowest BCUT2D eigenvalue weighted by Crippen LogP contribution is -2.38. The molecule has 0 saturated carbocycles. The number of nitrogens with one attached hydrogen (secondary N) is 1. The van der Waals surface area contributed by atoms with E-state index in [0.29, 0.717) is 35.9 Å². The molecule has 0 radical (unpaired) electrons. The summed E-state index contributed by atoms with van der Waals surface area (Å²) in [6.07, 6.45) is 1.61. The third-order valence-electron chi connectivity index (χ3n) is 4.01. The lowest BCUT2D eigenvalue weighted by Gasteiger charge is -2.20. The topological polar surface area (TPSA) is 102 Å². The zero-order valence-electron chi connectivity index (χ0n) is 14.6. The number of amides is 1. The Morgan fingerprint density at radius 2 is 2.04 bits per heavy atom. The summed E-state index contributed by atoms with van der Waals surface area (Å²) in [6, 6.07) is 5.99. The maximum absolute atomic E-state index is 12.9. The fraction of sp³-hybridized carbons (Fsp3) is 0.294. The van der Waals surface area contributed by atoms with Crippen LogP contribution in [-0.2, 0) is 18.4 Å². The average molecular weight is 357 g/mol. The molecule has 3 rings (SSSR count). The van der Waals surface area contributed by atoms with Crippen molar-refractivity contribution in [2.24, 2.45) is 7.05 Å². The minimum absolute atomic E-state index is 0.0838. The molecule has 0 fully saturated rings. The van der Waals surface area contributed by atoms with Gasteiger partial charge in [-0.25, -0.2) is 4.39 Å². The van der Waals surface area contributed by atoms with Crippen molar-refractivity contribution in [1.82, 2.24) is 25.1 Å². The Bertz CT molecular complexity index is 923. The Kier molecular flexibility index (Phi) is 4.97. The van der Waals surface area contributed by atoms with Crippen LogP contribution in [0.2, 0.25) is 0 Å². The largest absolute Gasteiger partial charge is 0.383 e. The van der Waals surface area contributed by atoms with Crippen molar-refractivity contribution in [3.63, 3.8) is 0 Å². The zero-order valence-corrected chi connectivity index (χ0v) is 14.6. The summed E-state index contributed by atoms with van der Waals surface area (Å²) in [5.41, 5.74) is 7.41. The van der Waals surface area contributed by atoms with Gasteiger partial charge in [-0.3, -0.25) is 9.48 Å². The molecule has 136 valence electrons. The molecular formula is C17H20FN7O. The quantitative estimate of drug-likeness (QED) is 0.688. The molecule has 3 aromatic rings. The van der Waals surface area contributed by atoms with Crippen LogP contribution in [0.4, 0.5) is 16.2 Å². The second-order valence-corrected chi connectivity index (χ2v) is 5.83. The molecule has 3 N–H and O–H groups in total. The maximum atomic E-state index is 12.9. The standard InChI is InChI=1S/C17H20FN7O/c1-3-25(10-14(26)20-8-11-4-6-12(18)7-5-11)17-22-15(19)13-9-21-24(2)16(13)23-17/h4-7,9H,3,8,10H2,1-2H3,(H,20,26)(H2,19,22,23). The highest BCUT2D eigenvalue weighted by Gasteiger charge is 2.16. The van der Waals surface area contributed by atoms with Crippen LogP contribution >= 0.6 is 0 Å². The van der Waals surface area contributed by atoms with Crippen molar-refractivity contribution < 1.29 is 9.18 Å². The number of nitrogens with two attached hydrogens (primary N) is 1. The van der Waals surface area contributed by atoms with Crippen LogP contribution < -0.4 is 16.0 Å². The first kappa shape index (κ1) is 17.6. The van der Waals surface area contributed by atoms with Crippen molar-refractivity contribution in [1.29, 1.82) is 0 Å². The predicted molar refractivity (Wildman–Crippen MR) is 96.9 cm³/mol. The molecule has 8 nitrogen and oxygen atoms in total. The number of anilines is 2. The third kappa shape index (κ3) is 3.71. The fourth-order valence-electron chi connectivity index (χ4n) is 2.53. The minimum Gasteiger partial charge on any atom is -0.383 e. The SMILES string of the molecule is CCN(CC(=O)NCc1ccc(F)cc1)c1nc(N)c2cnn(C)c2n1. The van der Waals surface area contributed by atoms with Crippen LogP contribution in [-0.4, -0.2) is 38.7 Å². The van der Waals surface area contributed by atoms with Gasteiger partial charge < -0.3 is 16.0 Å². The van der Waals surface area contributed by atoms with E-state index in [1.807, 2.05) is 6.92 Å². The van der Waals surface area contributed by atoms with Crippen LogP contribution in [0.15, 0.2) is 30.5 Å². The molecule has 2 heterocycles. The summed E-state index contributed by atoms with van der Waals surface area (Å²) < 4.78 is 14.5. The lowest BCUT2D eigenvalue weighted by molar-refractivity contribution is -0.119. The Balaban J connectivity index is 1.69. The molecule has 0 unspecified atom stereocenters. The number of nitrogen functional groups attached to an aromatic ring is 1. The number of aromatic nitrogens is 4. The molecule has 0 spiro atoms. The average Bonchev–Trinajstić information content (AvgIpc) is 3.01. The van der Waals surface area contributed by atoms with Gasteiger partial charge in [0, 0.05) is 20.1 Å². The highest BCUT2D eigenvalue weighted by atomic mass is 19.1. The number of benzene rings is 1. The summed E-state index contributed by atoms with van der Waals surface area (Å²) in [6.45, 7) is 2.84. The van der Waals surface area contributed by atoms with Gasteiger partial charge >= 0.3 is 0 Å². The Labute approximate surface area is 149 Å². The number of rotatable bonds is 6. The van der Waals surface area contributed by atoms with Gasteiger partial charge in [0.05, 0.1) is 18.1 Å². The molecule has 9 heteroatoms. The summed E-state index contributed by atoms with van der Waals surface area (Å²) in [5.74, 6) is 0.197. The van der Waals surface area contributed by atoms with Crippen molar-refractivity contribution in [3.05, 3.63) is 41.8 Å². The minimum atomic E-state index is -0.308. The summed E-state index contributed by atoms with van der Waals surface area (Å²) in [5, 5.41) is 7.60. The third-order valence-corrected chi connectivity index (χ3v) is 4.01. The zero-order chi connectivity index (χ0) is 18.7. The van der Waals surface area contributed by atoms with Crippen LogP contribution in [0.5, 0.6) is 0 Å². The summed E-state index contributed by atoms with van der Waals surface area (Å²) in [7, 11) is 1.77. The Morgan fingerprint density at radius 1 is 1.31 bits per heavy atom. The van der Waals surface area contributed by atoms with Crippen LogP contribution in [0.25, 0.3) is 11.0 Å². The Hall–Kier alpha value is -3.23. The molecule has 1 aromatic carbocycles. The van der Waals surface area contributed by atoms with Crippen molar-refractivity contribution in [2.75, 3.05) is 23.7 Å². The van der Waals surface area contributed by atoms with E-state index in [0.717, 1.165) is 5.56 Å². The summed E-state index contributed by atoms with van der Waals surface area (Å²) >= 11 is 0. The first-order chi connectivity index (χ1) is 12.5. The molecule has 26 heavy (non-hydrogen) atoms. The Morgan fingerprint density at radius 3 is 2.73 bits per heavy atom. The van der Waals surface area contributed by atoms with E-state index < -0.39 is 0 Å². The van der Waals surface area contributed by atoms with Crippen LogP contribution in [0.3, 0.4) is 0 Å². The highest BCUT2D eigenvalue weighted by Crippen LogP contribution is 2.20. The molecular weight excluding hydrogens is 337 g/mol. The number of carbonyl (C=O) groups excluding carboxylic acids is 1. The first-order valence-electron chi connectivity index (χ1n) is 8.19. The molecule has 0 atom stereocenters. The lowest BCUT2D eigenvalue weighted by atomic mass is 10.2. The van der Waals surface area contributed by atoms with Gasteiger partial charge in [-0.15, -0.1) is 0 Å². The van der Waals surface area contributed by atoms with Gasteiger partial charge in [0.2, 0.25) is 11.9 Å². The van der Waals surface area contributed by atoms with Gasteiger partial charge in [0.15, 0.2) is 5.65 Å². The van der Waals surface area contributed by atoms with Crippen molar-refractivity contribution >= 4 is 28.7 Å². The smallest absolute Gasteiger partial charge is 0.239 e. The highest BCUT2D eigenvalue weighted by molar-refractivity contribution is 5.87. The van der Waals surface area contributed by atoms with Crippen LogP contribution in [0, 0.1) is 5.82 Å². The molecule has 0 aliphatic carbocycles. The predicted octanol–water partition coefficient (Wildman–Crippen LogP) is 1.23. The van der Waals surface area contributed by atoms with E-state index in [1.54, 1.807) is 35.0 Å².